The first kappa shape index (κ1) is 22.3. The van der Waals surface area contributed by atoms with Crippen molar-refractivity contribution in [3.63, 3.8) is 0 Å². The molecule has 158 valence electrons. The van der Waals surface area contributed by atoms with Gasteiger partial charge in [-0.1, -0.05) is 13.3 Å². The van der Waals surface area contributed by atoms with Crippen molar-refractivity contribution in [2.45, 2.75) is 46.9 Å². The number of aryl methyl sites for hydroxylation is 1. The molecule has 0 unspecified atom stereocenters. The number of anilines is 2. The molecule has 0 spiro atoms. The van der Waals surface area contributed by atoms with E-state index in [0.29, 0.717) is 29.6 Å². The Bertz CT molecular complexity index is 853. The van der Waals surface area contributed by atoms with Gasteiger partial charge in [0.05, 0.1) is 12.3 Å². The number of hydrogen-bond donors (Lipinski definition) is 2. The van der Waals surface area contributed by atoms with Crippen LogP contribution in [0.5, 0.6) is 11.5 Å². The molecule has 1 heterocycles. The summed E-state index contributed by atoms with van der Waals surface area (Å²) >= 11 is 0. The number of nitrogens with zero attached hydrogens (tertiary/aromatic N) is 1. The lowest BCUT2D eigenvalue weighted by Gasteiger charge is -2.17. The minimum absolute atomic E-state index is 0.308. The smallest absolute Gasteiger partial charge is 0.491 e. The van der Waals surface area contributed by atoms with Crippen LogP contribution >= 0.6 is 0 Å². The van der Waals surface area contributed by atoms with Gasteiger partial charge in [-0.05, 0) is 62.6 Å². The number of carbonyl (C=O) groups excluding carboxylic acids is 1. The zero-order chi connectivity index (χ0) is 21.6. The van der Waals surface area contributed by atoms with Crippen molar-refractivity contribution in [1.29, 1.82) is 0 Å². The molecule has 6 nitrogen and oxygen atoms in total. The average Bonchev–Trinajstić information content (AvgIpc) is 2.63. The normalized spacial score (nSPS) is 11.1. The molecule has 0 saturated carbocycles. The molecular formula is C20H24F3N3O3. The molecule has 2 rings (SSSR count). The number of benzene rings is 1. The highest BCUT2D eigenvalue weighted by molar-refractivity contribution is 5.99. The topological polar surface area (TPSA) is 72.5 Å². The first-order valence-electron chi connectivity index (χ1n) is 9.15. The summed E-state index contributed by atoms with van der Waals surface area (Å²) in [4.78, 5) is 16.7. The van der Waals surface area contributed by atoms with Crippen molar-refractivity contribution in [2.24, 2.45) is 0 Å². The number of carbonyl (C=O) groups is 1. The first-order chi connectivity index (χ1) is 13.6. The zero-order valence-electron chi connectivity index (χ0n) is 16.7. The maximum atomic E-state index is 12.3. The van der Waals surface area contributed by atoms with Crippen LogP contribution in [0.15, 0.2) is 24.3 Å². The number of hydrogen-bond acceptors (Lipinski definition) is 4. The summed E-state index contributed by atoms with van der Waals surface area (Å²) in [6.45, 7) is 8.20. The van der Waals surface area contributed by atoms with Gasteiger partial charge in [-0.15, -0.1) is 13.2 Å². The lowest BCUT2D eigenvalue weighted by Crippen LogP contribution is -2.21. The van der Waals surface area contributed by atoms with Crippen LogP contribution in [-0.4, -0.2) is 24.0 Å². The van der Waals surface area contributed by atoms with E-state index in [1.54, 1.807) is 6.92 Å². The van der Waals surface area contributed by atoms with E-state index in [0.717, 1.165) is 36.1 Å². The third-order valence-corrected chi connectivity index (χ3v) is 4.19. The van der Waals surface area contributed by atoms with E-state index in [9.17, 15) is 18.0 Å². The number of halogens is 3. The SMILES string of the molecule is CCCCOc1c(C)nc(NC(=O)Nc2ccc(OC(F)(F)F)cc2)c(C)c1C. The second kappa shape index (κ2) is 9.49. The monoisotopic (exact) mass is 411 g/mol. The number of alkyl halides is 3. The second-order valence-electron chi connectivity index (χ2n) is 6.48. The first-order valence-corrected chi connectivity index (χ1v) is 9.15. The van der Waals surface area contributed by atoms with Gasteiger partial charge in [-0.2, -0.15) is 0 Å². The Balaban J connectivity index is 2.05. The number of amides is 2. The summed E-state index contributed by atoms with van der Waals surface area (Å²) in [6.07, 6.45) is -2.81. The van der Waals surface area contributed by atoms with Crippen LogP contribution in [0.2, 0.25) is 0 Å². The Labute approximate surface area is 167 Å². The molecule has 0 atom stereocenters. The van der Waals surface area contributed by atoms with E-state index in [4.69, 9.17) is 4.74 Å². The Morgan fingerprint density at radius 3 is 2.31 bits per heavy atom. The Morgan fingerprint density at radius 2 is 1.72 bits per heavy atom. The Kier molecular flexibility index (Phi) is 7.30. The predicted molar refractivity (Wildman–Crippen MR) is 105 cm³/mol. The van der Waals surface area contributed by atoms with Gasteiger partial charge >= 0.3 is 12.4 Å². The fourth-order valence-electron chi connectivity index (χ4n) is 2.58. The number of rotatable bonds is 7. The molecule has 0 aliphatic rings. The maximum absolute atomic E-state index is 12.3. The molecule has 29 heavy (non-hydrogen) atoms. The van der Waals surface area contributed by atoms with Crippen LogP contribution in [0.1, 0.15) is 36.6 Å². The third-order valence-electron chi connectivity index (χ3n) is 4.19. The van der Waals surface area contributed by atoms with Crippen molar-refractivity contribution in [3.8, 4) is 11.5 Å². The highest BCUT2D eigenvalue weighted by Gasteiger charge is 2.31. The number of nitrogens with one attached hydrogen (secondary N) is 2. The summed E-state index contributed by atoms with van der Waals surface area (Å²) in [7, 11) is 0. The van der Waals surface area contributed by atoms with Gasteiger partial charge in [-0.25, -0.2) is 9.78 Å². The van der Waals surface area contributed by atoms with Gasteiger partial charge in [0.1, 0.15) is 17.3 Å². The van der Waals surface area contributed by atoms with E-state index < -0.39 is 12.4 Å². The van der Waals surface area contributed by atoms with Gasteiger partial charge in [0.2, 0.25) is 0 Å². The molecule has 0 fully saturated rings. The zero-order valence-corrected chi connectivity index (χ0v) is 16.7. The fraction of sp³-hybridized carbons (Fsp3) is 0.400. The van der Waals surface area contributed by atoms with Crippen LogP contribution in [0.4, 0.5) is 29.5 Å². The average molecular weight is 411 g/mol. The molecule has 2 N–H and O–H groups in total. The van der Waals surface area contributed by atoms with Crippen molar-refractivity contribution in [3.05, 3.63) is 41.1 Å². The van der Waals surface area contributed by atoms with Crippen LogP contribution in [0.3, 0.4) is 0 Å². The van der Waals surface area contributed by atoms with Crippen LogP contribution in [-0.2, 0) is 0 Å². The van der Waals surface area contributed by atoms with Gasteiger partial charge < -0.3 is 14.8 Å². The van der Waals surface area contributed by atoms with E-state index in [2.05, 4.69) is 27.3 Å². The van der Waals surface area contributed by atoms with E-state index in [-0.39, 0.29) is 5.75 Å². The summed E-state index contributed by atoms with van der Waals surface area (Å²) in [5.41, 5.74) is 2.62. The molecule has 0 radical (unpaired) electrons. The summed E-state index contributed by atoms with van der Waals surface area (Å²) in [5.74, 6) is 0.727. The minimum atomic E-state index is -4.77. The van der Waals surface area contributed by atoms with E-state index in [1.807, 2.05) is 13.8 Å². The standard InChI is InChI=1S/C20H24F3N3O3/c1-5-6-11-28-17-12(2)13(3)18(24-14(17)4)26-19(27)25-15-7-9-16(10-8-15)29-20(21,22)23/h7-10H,5-6,11H2,1-4H3,(H2,24,25,26,27). The molecule has 0 bridgehead atoms. The molecule has 1 aromatic heterocycles. The van der Waals surface area contributed by atoms with Crippen LogP contribution in [0.25, 0.3) is 0 Å². The minimum Gasteiger partial charge on any atom is -0.491 e. The van der Waals surface area contributed by atoms with E-state index in [1.165, 1.54) is 12.1 Å². The predicted octanol–water partition coefficient (Wildman–Crippen LogP) is 5.73. The van der Waals surface area contributed by atoms with Crippen LogP contribution in [0, 0.1) is 20.8 Å². The fourth-order valence-corrected chi connectivity index (χ4v) is 2.58. The summed E-state index contributed by atoms with van der Waals surface area (Å²) in [6, 6.07) is 4.28. The quantitative estimate of drug-likeness (QED) is 0.571. The van der Waals surface area contributed by atoms with Gasteiger partial charge in [0.25, 0.3) is 0 Å². The lowest BCUT2D eigenvalue weighted by molar-refractivity contribution is -0.274. The lowest BCUT2D eigenvalue weighted by atomic mass is 10.1. The van der Waals surface area contributed by atoms with Crippen molar-refractivity contribution in [2.75, 3.05) is 17.2 Å². The molecule has 1 aromatic carbocycles. The molecule has 0 aliphatic heterocycles. The van der Waals surface area contributed by atoms with Gasteiger partial charge in [-0.3, -0.25) is 5.32 Å². The molecule has 2 aromatic rings. The van der Waals surface area contributed by atoms with Crippen molar-refractivity contribution >= 4 is 17.5 Å². The Hall–Kier alpha value is -2.97. The number of pyridine rings is 1. The van der Waals surface area contributed by atoms with Gasteiger partial charge in [0, 0.05) is 5.69 Å². The number of urea groups is 1. The molecule has 0 aliphatic carbocycles. The number of aromatic nitrogens is 1. The molecule has 9 heteroatoms. The van der Waals surface area contributed by atoms with Gasteiger partial charge in [0.15, 0.2) is 0 Å². The largest absolute Gasteiger partial charge is 0.573 e. The molecule has 2 amide bonds. The van der Waals surface area contributed by atoms with Crippen molar-refractivity contribution in [1.82, 2.24) is 4.98 Å². The highest BCUT2D eigenvalue weighted by Crippen LogP contribution is 2.29. The number of unbranched alkanes of at least 4 members (excludes halogenated alkanes) is 1. The van der Waals surface area contributed by atoms with Crippen molar-refractivity contribution < 1.29 is 27.4 Å². The van der Waals surface area contributed by atoms with E-state index >= 15 is 0 Å². The third kappa shape index (κ3) is 6.55. The molecule has 0 saturated heterocycles. The van der Waals surface area contributed by atoms with Crippen LogP contribution < -0.4 is 20.1 Å². The summed E-state index contributed by atoms with van der Waals surface area (Å²) < 4.78 is 46.2. The summed E-state index contributed by atoms with van der Waals surface area (Å²) in [5, 5.41) is 5.20. The highest BCUT2D eigenvalue weighted by atomic mass is 19.4. The molecular weight excluding hydrogens is 387 g/mol. The maximum Gasteiger partial charge on any atom is 0.573 e. The second-order valence-corrected chi connectivity index (χ2v) is 6.48. The number of ether oxygens (including phenoxy) is 2. The Morgan fingerprint density at radius 1 is 1.07 bits per heavy atom.